The molecule has 0 amide bonds. The zero-order chi connectivity index (χ0) is 15.6. The van der Waals surface area contributed by atoms with Gasteiger partial charge in [-0.15, -0.1) is 0 Å². The van der Waals surface area contributed by atoms with E-state index < -0.39 is 24.1 Å². The first-order valence-electron chi connectivity index (χ1n) is 7.68. The van der Waals surface area contributed by atoms with Crippen molar-refractivity contribution < 1.29 is 13.2 Å². The van der Waals surface area contributed by atoms with Gasteiger partial charge in [0.1, 0.15) is 0 Å². The summed E-state index contributed by atoms with van der Waals surface area (Å²) >= 11 is 0. The lowest BCUT2D eigenvalue weighted by Crippen LogP contribution is -2.44. The van der Waals surface area contributed by atoms with Gasteiger partial charge in [-0.2, -0.15) is 18.3 Å². The summed E-state index contributed by atoms with van der Waals surface area (Å²) in [5, 5.41) is 4.33. The molecule has 1 aliphatic carbocycles. The molecule has 0 bridgehead atoms. The second kappa shape index (κ2) is 6.38. The Balaban J connectivity index is 2.12. The van der Waals surface area contributed by atoms with Crippen LogP contribution in [-0.4, -0.2) is 22.0 Å². The maximum absolute atomic E-state index is 13.2. The lowest BCUT2D eigenvalue weighted by molar-refractivity contribution is -0.198. The third-order valence-corrected chi connectivity index (χ3v) is 4.52. The molecule has 0 aliphatic heterocycles. The van der Waals surface area contributed by atoms with Crippen molar-refractivity contribution in [1.29, 1.82) is 0 Å². The second-order valence-corrected chi connectivity index (χ2v) is 6.06. The van der Waals surface area contributed by atoms with Crippen molar-refractivity contribution in [3.63, 3.8) is 0 Å². The molecule has 3 atom stereocenters. The smallest absolute Gasteiger partial charge is 0.327 e. The number of hydrogen-bond donors (Lipinski definition) is 1. The van der Waals surface area contributed by atoms with Crippen molar-refractivity contribution in [2.75, 3.05) is 0 Å². The van der Waals surface area contributed by atoms with Crippen molar-refractivity contribution >= 4 is 0 Å². The molecule has 2 rings (SSSR count). The van der Waals surface area contributed by atoms with E-state index in [1.165, 1.54) is 0 Å². The molecular formula is C15H24F3N3. The molecule has 21 heavy (non-hydrogen) atoms. The highest BCUT2D eigenvalue weighted by Gasteiger charge is 2.47. The van der Waals surface area contributed by atoms with Gasteiger partial charge in [-0.1, -0.05) is 12.8 Å². The van der Waals surface area contributed by atoms with Crippen molar-refractivity contribution in [2.45, 2.75) is 64.7 Å². The van der Waals surface area contributed by atoms with Crippen LogP contribution in [0.5, 0.6) is 0 Å². The summed E-state index contributed by atoms with van der Waals surface area (Å²) in [6.45, 7) is 4.57. The molecule has 1 saturated carbocycles. The minimum absolute atomic E-state index is 0.216. The summed E-state index contributed by atoms with van der Waals surface area (Å²) in [5.74, 6) is -1.72. The highest BCUT2D eigenvalue weighted by atomic mass is 19.4. The molecule has 0 radical (unpaired) electrons. The number of alkyl halides is 3. The molecular weight excluding hydrogens is 279 g/mol. The number of nitrogens with zero attached hydrogens (tertiary/aromatic N) is 2. The predicted octanol–water partition coefficient (Wildman–Crippen LogP) is 3.45. The van der Waals surface area contributed by atoms with Crippen LogP contribution in [0.15, 0.2) is 6.07 Å². The maximum atomic E-state index is 13.2. The molecule has 1 heterocycles. The predicted molar refractivity (Wildman–Crippen MR) is 75.8 cm³/mol. The zero-order valence-corrected chi connectivity index (χ0v) is 12.7. The van der Waals surface area contributed by atoms with E-state index in [0.29, 0.717) is 25.8 Å². The lowest BCUT2D eigenvalue weighted by atomic mass is 9.74. The van der Waals surface area contributed by atoms with Gasteiger partial charge in [-0.3, -0.25) is 4.68 Å². The number of hydrogen-bond acceptors (Lipinski definition) is 2. The van der Waals surface area contributed by atoms with Crippen molar-refractivity contribution in [3.8, 4) is 0 Å². The number of aromatic nitrogens is 2. The van der Waals surface area contributed by atoms with Gasteiger partial charge in [0.2, 0.25) is 0 Å². The molecule has 0 saturated heterocycles. The van der Waals surface area contributed by atoms with Gasteiger partial charge < -0.3 is 5.73 Å². The first-order valence-corrected chi connectivity index (χ1v) is 7.68. The standard InChI is InChI=1S/C15H24F3N3/c1-3-21-11(8-10(2)20-21)9-14(19)12-6-4-5-7-13(12)15(16,17)18/h8,12-14H,3-7,9,19H2,1-2H3. The summed E-state index contributed by atoms with van der Waals surface area (Å²) < 4.78 is 41.3. The zero-order valence-electron chi connectivity index (χ0n) is 12.7. The molecule has 120 valence electrons. The lowest BCUT2D eigenvalue weighted by Gasteiger charge is -2.36. The highest BCUT2D eigenvalue weighted by Crippen LogP contribution is 2.42. The van der Waals surface area contributed by atoms with Crippen LogP contribution in [0, 0.1) is 18.8 Å². The average molecular weight is 303 g/mol. The largest absolute Gasteiger partial charge is 0.392 e. The van der Waals surface area contributed by atoms with E-state index >= 15 is 0 Å². The van der Waals surface area contributed by atoms with Gasteiger partial charge in [0.25, 0.3) is 0 Å². The fraction of sp³-hybridized carbons (Fsp3) is 0.800. The van der Waals surface area contributed by atoms with Gasteiger partial charge in [0.05, 0.1) is 11.6 Å². The van der Waals surface area contributed by atoms with Crippen LogP contribution in [0.25, 0.3) is 0 Å². The number of aryl methyl sites for hydroxylation is 2. The van der Waals surface area contributed by atoms with Gasteiger partial charge in [0.15, 0.2) is 0 Å². The molecule has 1 aromatic rings. The number of rotatable bonds is 4. The summed E-state index contributed by atoms with van der Waals surface area (Å²) in [4.78, 5) is 0. The Morgan fingerprint density at radius 3 is 2.67 bits per heavy atom. The Bertz CT molecular complexity index is 467. The Kier molecular flexibility index (Phi) is 4.96. The molecule has 1 aromatic heterocycles. The molecule has 2 N–H and O–H groups in total. The van der Waals surface area contributed by atoms with Crippen molar-refractivity contribution in [2.24, 2.45) is 17.6 Å². The second-order valence-electron chi connectivity index (χ2n) is 6.06. The van der Waals surface area contributed by atoms with Gasteiger partial charge in [-0.25, -0.2) is 0 Å². The van der Waals surface area contributed by atoms with Crippen molar-refractivity contribution in [1.82, 2.24) is 9.78 Å². The Hall–Kier alpha value is -1.04. The molecule has 0 aromatic carbocycles. The molecule has 1 fully saturated rings. The Labute approximate surface area is 123 Å². The molecule has 1 aliphatic rings. The monoisotopic (exact) mass is 303 g/mol. The van der Waals surface area contributed by atoms with Crippen LogP contribution in [-0.2, 0) is 13.0 Å². The van der Waals surface area contributed by atoms with E-state index in [9.17, 15) is 13.2 Å². The summed E-state index contributed by atoms with van der Waals surface area (Å²) in [6, 6.07) is 1.47. The average Bonchev–Trinajstić information content (AvgIpc) is 2.77. The summed E-state index contributed by atoms with van der Waals surface area (Å²) in [5.41, 5.74) is 7.98. The third kappa shape index (κ3) is 3.78. The SMILES string of the molecule is CCn1nc(C)cc1CC(N)C1CCCCC1C(F)(F)F. The summed E-state index contributed by atoms with van der Waals surface area (Å²) in [6.07, 6.45) is -1.38. The van der Waals surface area contributed by atoms with E-state index in [4.69, 9.17) is 5.73 Å². The van der Waals surface area contributed by atoms with Crippen molar-refractivity contribution in [3.05, 3.63) is 17.5 Å². The van der Waals surface area contributed by atoms with Gasteiger partial charge in [0, 0.05) is 24.7 Å². The molecule has 3 nitrogen and oxygen atoms in total. The third-order valence-electron chi connectivity index (χ3n) is 4.52. The molecule has 3 unspecified atom stereocenters. The maximum Gasteiger partial charge on any atom is 0.392 e. The molecule has 6 heteroatoms. The van der Waals surface area contributed by atoms with Crippen LogP contribution in [0.2, 0.25) is 0 Å². The van der Waals surface area contributed by atoms with Crippen LogP contribution in [0.1, 0.15) is 44.0 Å². The van der Waals surface area contributed by atoms with Crippen LogP contribution >= 0.6 is 0 Å². The quantitative estimate of drug-likeness (QED) is 0.926. The van der Waals surface area contributed by atoms with E-state index in [0.717, 1.165) is 17.8 Å². The first kappa shape index (κ1) is 16.3. The Morgan fingerprint density at radius 2 is 2.05 bits per heavy atom. The minimum atomic E-state index is -4.14. The minimum Gasteiger partial charge on any atom is -0.327 e. The van der Waals surface area contributed by atoms with E-state index in [1.54, 1.807) is 0 Å². The van der Waals surface area contributed by atoms with Crippen LogP contribution in [0.3, 0.4) is 0 Å². The van der Waals surface area contributed by atoms with Gasteiger partial charge in [-0.05, 0) is 38.7 Å². The first-order chi connectivity index (χ1) is 9.82. The topological polar surface area (TPSA) is 43.8 Å². The fourth-order valence-electron chi connectivity index (χ4n) is 3.51. The normalized spacial score (nSPS) is 25.0. The highest BCUT2D eigenvalue weighted by molar-refractivity contribution is 5.11. The Morgan fingerprint density at radius 1 is 1.38 bits per heavy atom. The fourth-order valence-corrected chi connectivity index (χ4v) is 3.51. The van der Waals surface area contributed by atoms with E-state index in [2.05, 4.69) is 5.10 Å². The number of nitrogens with two attached hydrogens (primary N) is 1. The molecule has 0 spiro atoms. The van der Waals surface area contributed by atoms with Crippen LogP contribution in [0.4, 0.5) is 13.2 Å². The van der Waals surface area contributed by atoms with E-state index in [-0.39, 0.29) is 6.42 Å². The van der Waals surface area contributed by atoms with Gasteiger partial charge >= 0.3 is 6.18 Å². The summed E-state index contributed by atoms with van der Waals surface area (Å²) in [7, 11) is 0. The van der Waals surface area contributed by atoms with Crippen LogP contribution < -0.4 is 5.73 Å². The van der Waals surface area contributed by atoms with E-state index in [1.807, 2.05) is 24.6 Å². The number of halogens is 3.